The molecule has 0 aliphatic carbocycles. The van der Waals surface area contributed by atoms with Gasteiger partial charge in [-0.05, 0) is 62.1 Å². The van der Waals surface area contributed by atoms with Crippen LogP contribution in [0.25, 0.3) is 16.7 Å². The van der Waals surface area contributed by atoms with Crippen molar-refractivity contribution < 1.29 is 5.11 Å². The zero-order valence-electron chi connectivity index (χ0n) is 21.0. The Balaban J connectivity index is 1.69. The molecule has 11 heteroatoms. The maximum absolute atomic E-state index is 12.7. The molecule has 0 spiro atoms. The van der Waals surface area contributed by atoms with E-state index >= 15 is 0 Å². The Morgan fingerprint density at radius 2 is 1.62 bits per heavy atom. The molecule has 1 saturated heterocycles. The van der Waals surface area contributed by atoms with Gasteiger partial charge in [0.05, 0.1) is 28.1 Å². The zero-order chi connectivity index (χ0) is 26.6. The topological polar surface area (TPSA) is 118 Å². The highest BCUT2D eigenvalue weighted by molar-refractivity contribution is 9.10. The van der Waals surface area contributed by atoms with Crippen LogP contribution in [0, 0.1) is 13.8 Å². The molecule has 192 valence electrons. The Labute approximate surface area is 220 Å². The lowest BCUT2D eigenvalue weighted by Gasteiger charge is -2.20. The predicted octanol–water partition coefficient (Wildman–Crippen LogP) is 3.15. The molecule has 1 aliphatic rings. The van der Waals surface area contributed by atoms with Gasteiger partial charge >= 0.3 is 11.4 Å². The van der Waals surface area contributed by atoms with Crippen molar-refractivity contribution in [2.75, 3.05) is 18.0 Å². The van der Waals surface area contributed by atoms with Crippen molar-refractivity contribution in [3.63, 3.8) is 0 Å². The summed E-state index contributed by atoms with van der Waals surface area (Å²) in [6.45, 7) is 5.44. The Kier molecular flexibility index (Phi) is 6.18. The van der Waals surface area contributed by atoms with E-state index in [4.69, 9.17) is 0 Å². The number of aromatic amines is 1. The number of fused-ring (bicyclic) bond motifs is 1. The van der Waals surface area contributed by atoms with Crippen LogP contribution in [-0.2, 0) is 14.1 Å². The second kappa shape index (κ2) is 9.22. The number of anilines is 1. The van der Waals surface area contributed by atoms with Crippen LogP contribution in [-0.4, -0.2) is 43.1 Å². The van der Waals surface area contributed by atoms with E-state index in [9.17, 15) is 19.5 Å². The fraction of sp³-hybridized carbons (Fsp3) is 0.308. The second-order valence-electron chi connectivity index (χ2n) is 9.33. The summed E-state index contributed by atoms with van der Waals surface area (Å²) in [5.74, 6) is -0.502. The summed E-state index contributed by atoms with van der Waals surface area (Å²) in [5.41, 5.74) is 3.22. The third-order valence-electron chi connectivity index (χ3n) is 7.20. The molecule has 2 N–H and O–H groups in total. The average molecular weight is 567 g/mol. The highest BCUT2D eigenvalue weighted by Crippen LogP contribution is 2.35. The number of hydrogen-bond donors (Lipinski definition) is 2. The minimum absolute atomic E-state index is 0.144. The number of rotatable bonds is 4. The molecule has 0 atom stereocenters. The number of aliphatic imine (C=N–C) groups is 1. The molecule has 5 rings (SSSR count). The van der Waals surface area contributed by atoms with Crippen LogP contribution in [0.15, 0.2) is 48.1 Å². The highest BCUT2D eigenvalue weighted by Gasteiger charge is 2.21. The monoisotopic (exact) mass is 566 g/mol. The summed E-state index contributed by atoms with van der Waals surface area (Å²) in [7, 11) is 3.43. The third kappa shape index (κ3) is 4.03. The van der Waals surface area contributed by atoms with Crippen LogP contribution in [0.1, 0.15) is 29.5 Å². The van der Waals surface area contributed by atoms with Gasteiger partial charge in [-0.25, -0.2) is 14.2 Å². The Morgan fingerprint density at radius 1 is 0.973 bits per heavy atom. The molecule has 2 aromatic heterocycles. The van der Waals surface area contributed by atoms with Gasteiger partial charge in [0.2, 0.25) is 5.88 Å². The Bertz CT molecular complexity index is 1770. The van der Waals surface area contributed by atoms with Crippen molar-refractivity contribution in [2.24, 2.45) is 19.1 Å². The molecule has 2 aromatic carbocycles. The molecule has 1 fully saturated rings. The number of H-pyrrole nitrogens is 1. The molecule has 0 saturated carbocycles. The molecule has 3 heterocycles. The molecule has 0 amide bonds. The van der Waals surface area contributed by atoms with Crippen LogP contribution in [0.5, 0.6) is 5.88 Å². The van der Waals surface area contributed by atoms with Crippen molar-refractivity contribution in [2.45, 2.75) is 26.7 Å². The first-order valence-corrected chi connectivity index (χ1v) is 12.7. The zero-order valence-corrected chi connectivity index (χ0v) is 22.6. The quantitative estimate of drug-likeness (QED) is 0.368. The predicted molar refractivity (Wildman–Crippen MR) is 148 cm³/mol. The van der Waals surface area contributed by atoms with E-state index in [0.29, 0.717) is 16.9 Å². The van der Waals surface area contributed by atoms with Gasteiger partial charge in [-0.3, -0.25) is 23.9 Å². The van der Waals surface area contributed by atoms with Crippen LogP contribution in [0.2, 0.25) is 0 Å². The molecule has 0 unspecified atom stereocenters. The van der Waals surface area contributed by atoms with Gasteiger partial charge in [0.1, 0.15) is 5.56 Å². The lowest BCUT2D eigenvalue weighted by Crippen LogP contribution is -2.31. The highest BCUT2D eigenvalue weighted by atomic mass is 79.9. The number of imidazole rings is 1. The van der Waals surface area contributed by atoms with E-state index in [0.717, 1.165) is 57.3 Å². The standard InChI is InChI=1S/C26H27BrN6O4/c1-14-15(2)19(8-7-17(14)27)33-24(35)16(23(34)29-25(33)36)13-28-18-11-21-22(31(4)26(37)30(21)3)12-20(18)32-9-5-6-10-32/h7-8,11-13,35H,5-6,9-10H2,1-4H3,(H,29,34,36). The molecular formula is C26H27BrN6O4. The van der Waals surface area contributed by atoms with Gasteiger partial charge < -0.3 is 10.0 Å². The van der Waals surface area contributed by atoms with Gasteiger partial charge in [-0.2, -0.15) is 0 Å². The molecule has 4 aromatic rings. The van der Waals surface area contributed by atoms with Gasteiger partial charge in [0, 0.05) is 37.9 Å². The number of nitrogens with one attached hydrogen (secondary N) is 1. The largest absolute Gasteiger partial charge is 0.493 e. The summed E-state index contributed by atoms with van der Waals surface area (Å²) in [4.78, 5) is 47.1. The maximum Gasteiger partial charge on any atom is 0.335 e. The van der Waals surface area contributed by atoms with Crippen LogP contribution >= 0.6 is 15.9 Å². The number of nitrogens with zero attached hydrogens (tertiary/aromatic N) is 5. The normalized spacial score (nSPS) is 13.9. The first-order chi connectivity index (χ1) is 17.6. The Hall–Kier alpha value is -3.86. The fourth-order valence-corrected chi connectivity index (χ4v) is 5.30. The van der Waals surface area contributed by atoms with Crippen LogP contribution in [0.3, 0.4) is 0 Å². The number of halogens is 1. The maximum atomic E-state index is 12.7. The van der Waals surface area contributed by atoms with E-state index in [1.54, 1.807) is 35.4 Å². The lowest BCUT2D eigenvalue weighted by molar-refractivity contribution is 0.430. The molecule has 0 radical (unpaired) electrons. The van der Waals surface area contributed by atoms with Crippen molar-refractivity contribution in [1.82, 2.24) is 18.7 Å². The first-order valence-electron chi connectivity index (χ1n) is 11.9. The number of aryl methyl sites for hydroxylation is 2. The number of aromatic nitrogens is 4. The van der Waals surface area contributed by atoms with Crippen molar-refractivity contribution >= 4 is 44.6 Å². The van der Waals surface area contributed by atoms with E-state index in [2.05, 4.69) is 30.8 Å². The number of hydrogen-bond acceptors (Lipinski definition) is 6. The van der Waals surface area contributed by atoms with Gasteiger partial charge in [-0.15, -0.1) is 0 Å². The van der Waals surface area contributed by atoms with E-state index in [1.807, 2.05) is 26.0 Å². The van der Waals surface area contributed by atoms with Gasteiger partial charge in [-0.1, -0.05) is 15.9 Å². The second-order valence-corrected chi connectivity index (χ2v) is 10.2. The summed E-state index contributed by atoms with van der Waals surface area (Å²) >= 11 is 3.47. The first kappa shape index (κ1) is 24.8. The minimum atomic E-state index is -0.747. The molecule has 0 bridgehead atoms. The molecule has 10 nitrogen and oxygen atoms in total. The lowest BCUT2D eigenvalue weighted by atomic mass is 10.1. The number of benzene rings is 2. The smallest absolute Gasteiger partial charge is 0.335 e. The van der Waals surface area contributed by atoms with Crippen LogP contribution < -0.4 is 21.8 Å². The van der Waals surface area contributed by atoms with Crippen LogP contribution in [0.4, 0.5) is 11.4 Å². The Morgan fingerprint density at radius 3 is 2.30 bits per heavy atom. The summed E-state index contributed by atoms with van der Waals surface area (Å²) in [5, 5.41) is 11.1. The molecule has 1 aliphatic heterocycles. The average Bonchev–Trinajstić information content (AvgIpc) is 3.47. The summed E-state index contributed by atoms with van der Waals surface area (Å²) < 4.78 is 5.08. The van der Waals surface area contributed by atoms with Gasteiger partial charge in [0.15, 0.2) is 0 Å². The van der Waals surface area contributed by atoms with Crippen molar-refractivity contribution in [3.05, 3.63) is 76.8 Å². The van der Waals surface area contributed by atoms with E-state index in [1.165, 1.54) is 6.21 Å². The number of aromatic hydroxyl groups is 1. The van der Waals surface area contributed by atoms with Crippen molar-refractivity contribution in [1.29, 1.82) is 0 Å². The summed E-state index contributed by atoms with van der Waals surface area (Å²) in [6, 6.07) is 7.23. The van der Waals surface area contributed by atoms with Gasteiger partial charge in [0.25, 0.3) is 5.56 Å². The molecule has 37 heavy (non-hydrogen) atoms. The van der Waals surface area contributed by atoms with Crippen molar-refractivity contribution in [3.8, 4) is 11.6 Å². The molecular weight excluding hydrogens is 540 g/mol. The minimum Gasteiger partial charge on any atom is -0.493 e. The fourth-order valence-electron chi connectivity index (χ4n) is 4.87. The van der Waals surface area contributed by atoms with E-state index in [-0.39, 0.29) is 11.3 Å². The summed E-state index contributed by atoms with van der Waals surface area (Å²) in [6.07, 6.45) is 3.37. The third-order valence-corrected chi connectivity index (χ3v) is 8.06. The SMILES string of the molecule is Cc1c(Br)ccc(-n2c(O)c(C=Nc3cc4c(cc3N3CCCC3)n(C)c(=O)n4C)c(=O)[nH]c2=O)c1C. The van der Waals surface area contributed by atoms with E-state index < -0.39 is 17.1 Å².